The van der Waals surface area contributed by atoms with Crippen molar-refractivity contribution in [2.45, 2.75) is 6.61 Å². The fourth-order valence-corrected chi connectivity index (χ4v) is 2.05. The number of carbonyl (C=O) groups is 2. The van der Waals surface area contributed by atoms with Gasteiger partial charge in [0.05, 0.1) is 11.5 Å². The highest BCUT2D eigenvalue weighted by atomic mass is 35.5. The van der Waals surface area contributed by atoms with E-state index < -0.39 is 16.7 Å². The highest BCUT2D eigenvalue weighted by molar-refractivity contribution is 6.31. The first kappa shape index (κ1) is 18.4. The van der Waals surface area contributed by atoms with E-state index in [1.807, 2.05) is 0 Å². The highest BCUT2D eigenvalue weighted by Crippen LogP contribution is 2.15. The van der Waals surface area contributed by atoms with Gasteiger partial charge in [0.15, 0.2) is 0 Å². The lowest BCUT2D eigenvalue weighted by Gasteiger charge is -2.08. The number of hydrogen-bond acceptors (Lipinski definition) is 5. The highest BCUT2D eigenvalue weighted by Gasteiger charge is 2.12. The molecule has 0 aliphatic heterocycles. The molecule has 0 heterocycles. The number of ether oxygens (including phenoxy) is 1. The van der Waals surface area contributed by atoms with Crippen molar-refractivity contribution in [2.75, 3.05) is 6.61 Å². The van der Waals surface area contributed by atoms with Gasteiger partial charge in [0, 0.05) is 22.7 Å². The Kier molecular flexibility index (Phi) is 6.44. The molecule has 0 radical (unpaired) electrons. The summed E-state index contributed by atoms with van der Waals surface area (Å²) in [6, 6.07) is 12.2. The summed E-state index contributed by atoms with van der Waals surface area (Å²) in [5, 5.41) is 11.2. The van der Waals surface area contributed by atoms with E-state index in [0.717, 1.165) is 11.6 Å². The number of nitrogens with one attached hydrogen (secondary N) is 2. The lowest BCUT2D eigenvalue weighted by Crippen LogP contribution is -2.43. The summed E-state index contributed by atoms with van der Waals surface area (Å²) in [6.07, 6.45) is 0. The van der Waals surface area contributed by atoms with Crippen molar-refractivity contribution in [3.8, 4) is 0 Å². The summed E-state index contributed by atoms with van der Waals surface area (Å²) in [6.45, 7) is -0.146. The summed E-state index contributed by atoms with van der Waals surface area (Å²) in [4.78, 5) is 33.6. The summed E-state index contributed by atoms with van der Waals surface area (Å²) in [5.41, 5.74) is 4.88. The number of hydrogen-bond donors (Lipinski definition) is 2. The topological polar surface area (TPSA) is 111 Å². The fourth-order valence-electron chi connectivity index (χ4n) is 1.86. The number of benzene rings is 2. The van der Waals surface area contributed by atoms with E-state index in [2.05, 4.69) is 10.9 Å². The fraction of sp³-hybridized carbons (Fsp3) is 0.125. The number of hydrazine groups is 1. The lowest BCUT2D eigenvalue weighted by atomic mass is 10.2. The van der Waals surface area contributed by atoms with Gasteiger partial charge < -0.3 is 4.74 Å². The third kappa shape index (κ3) is 5.55. The molecule has 2 aromatic rings. The molecule has 0 saturated carbocycles. The van der Waals surface area contributed by atoms with Gasteiger partial charge in [-0.3, -0.25) is 30.6 Å². The number of nitro groups is 1. The molecule has 130 valence electrons. The molecule has 8 nitrogen and oxygen atoms in total. The van der Waals surface area contributed by atoms with Crippen molar-refractivity contribution in [2.24, 2.45) is 0 Å². The molecule has 0 atom stereocenters. The van der Waals surface area contributed by atoms with Crippen LogP contribution in [-0.4, -0.2) is 23.3 Å². The van der Waals surface area contributed by atoms with Crippen molar-refractivity contribution < 1.29 is 19.2 Å². The molecule has 0 spiro atoms. The van der Waals surface area contributed by atoms with Crippen molar-refractivity contribution in [3.63, 3.8) is 0 Å². The molecule has 0 aromatic heterocycles. The monoisotopic (exact) mass is 363 g/mol. The molecule has 0 unspecified atom stereocenters. The zero-order valence-corrected chi connectivity index (χ0v) is 13.7. The molecule has 0 fully saturated rings. The minimum atomic E-state index is -0.678. The Morgan fingerprint density at radius 1 is 1.12 bits per heavy atom. The van der Waals surface area contributed by atoms with E-state index in [-0.39, 0.29) is 24.5 Å². The Morgan fingerprint density at radius 2 is 1.88 bits per heavy atom. The minimum Gasteiger partial charge on any atom is -0.367 e. The molecule has 25 heavy (non-hydrogen) atoms. The first-order valence-corrected chi connectivity index (χ1v) is 7.50. The zero-order valence-electron chi connectivity index (χ0n) is 12.9. The molecular weight excluding hydrogens is 350 g/mol. The zero-order chi connectivity index (χ0) is 18.2. The molecule has 2 rings (SSSR count). The normalized spacial score (nSPS) is 10.1. The maximum atomic E-state index is 11.9. The summed E-state index contributed by atoms with van der Waals surface area (Å²) >= 11 is 5.96. The van der Waals surface area contributed by atoms with Crippen LogP contribution in [0.2, 0.25) is 5.02 Å². The molecular formula is C16H14ClN3O5. The van der Waals surface area contributed by atoms with Crippen LogP contribution in [0.1, 0.15) is 15.9 Å². The number of nitro benzene ring substituents is 1. The Labute approximate surface area is 147 Å². The van der Waals surface area contributed by atoms with Crippen LogP contribution in [0.3, 0.4) is 0 Å². The molecule has 0 aliphatic rings. The Hall–Kier alpha value is -2.97. The van der Waals surface area contributed by atoms with E-state index in [1.165, 1.54) is 18.2 Å². The van der Waals surface area contributed by atoms with Crippen molar-refractivity contribution in [1.29, 1.82) is 0 Å². The van der Waals surface area contributed by atoms with Crippen molar-refractivity contribution in [3.05, 3.63) is 74.8 Å². The Balaban J connectivity index is 1.78. The summed E-state index contributed by atoms with van der Waals surface area (Å²) in [5.74, 6) is -1.26. The Morgan fingerprint density at radius 3 is 2.60 bits per heavy atom. The third-order valence-electron chi connectivity index (χ3n) is 3.08. The molecule has 0 bridgehead atoms. The minimum absolute atomic E-state index is 0.0477. The number of halogens is 1. The van der Waals surface area contributed by atoms with Gasteiger partial charge >= 0.3 is 0 Å². The molecule has 2 aromatic carbocycles. The van der Waals surface area contributed by atoms with E-state index in [0.29, 0.717) is 5.02 Å². The first-order valence-electron chi connectivity index (χ1n) is 7.12. The number of non-ortho nitro benzene ring substituents is 1. The van der Waals surface area contributed by atoms with E-state index in [9.17, 15) is 19.7 Å². The lowest BCUT2D eigenvalue weighted by molar-refractivity contribution is -0.384. The van der Waals surface area contributed by atoms with Gasteiger partial charge in [-0.2, -0.15) is 0 Å². The van der Waals surface area contributed by atoms with Crippen LogP contribution in [0.25, 0.3) is 0 Å². The van der Waals surface area contributed by atoms with E-state index in [1.54, 1.807) is 24.3 Å². The van der Waals surface area contributed by atoms with E-state index >= 15 is 0 Å². The van der Waals surface area contributed by atoms with Crippen LogP contribution < -0.4 is 10.9 Å². The molecule has 0 aliphatic carbocycles. The number of carbonyl (C=O) groups excluding carboxylic acids is 2. The average Bonchev–Trinajstić information content (AvgIpc) is 2.61. The number of nitrogens with zero attached hydrogens (tertiary/aromatic N) is 1. The predicted molar refractivity (Wildman–Crippen MR) is 89.8 cm³/mol. The van der Waals surface area contributed by atoms with Gasteiger partial charge in [-0.25, -0.2) is 0 Å². The van der Waals surface area contributed by atoms with Gasteiger partial charge in [-0.1, -0.05) is 35.9 Å². The average molecular weight is 364 g/mol. The molecule has 0 saturated heterocycles. The van der Waals surface area contributed by atoms with E-state index in [4.69, 9.17) is 16.3 Å². The van der Waals surface area contributed by atoms with Crippen LogP contribution >= 0.6 is 11.6 Å². The van der Waals surface area contributed by atoms with Crippen LogP contribution in [-0.2, 0) is 16.1 Å². The third-order valence-corrected chi connectivity index (χ3v) is 3.45. The first-order chi connectivity index (χ1) is 12.0. The number of rotatable bonds is 6. The van der Waals surface area contributed by atoms with Crippen LogP contribution in [0, 0.1) is 10.1 Å². The predicted octanol–water partition coefficient (Wildman–Crippen LogP) is 2.23. The maximum absolute atomic E-state index is 11.9. The van der Waals surface area contributed by atoms with Crippen molar-refractivity contribution >= 4 is 29.1 Å². The smallest absolute Gasteiger partial charge is 0.270 e. The number of amides is 2. The van der Waals surface area contributed by atoms with Gasteiger partial charge in [0.2, 0.25) is 0 Å². The van der Waals surface area contributed by atoms with Crippen LogP contribution in [0.15, 0.2) is 48.5 Å². The standard InChI is InChI=1S/C16H14ClN3O5/c17-14-7-2-1-4-12(14)9-25-10-15(21)18-19-16(22)11-5-3-6-13(8-11)20(23)24/h1-8H,9-10H2,(H,18,21)(H,19,22). The second-order valence-corrected chi connectivity index (χ2v) is 5.30. The summed E-state index contributed by atoms with van der Waals surface area (Å²) < 4.78 is 5.21. The molecule has 9 heteroatoms. The van der Waals surface area contributed by atoms with Crippen LogP contribution in [0.5, 0.6) is 0 Å². The summed E-state index contributed by atoms with van der Waals surface area (Å²) in [7, 11) is 0. The Bertz CT molecular complexity index is 797. The van der Waals surface area contributed by atoms with Crippen molar-refractivity contribution in [1.82, 2.24) is 10.9 Å². The largest absolute Gasteiger partial charge is 0.367 e. The maximum Gasteiger partial charge on any atom is 0.270 e. The SMILES string of the molecule is O=C(COCc1ccccc1Cl)NNC(=O)c1cccc([N+](=O)[O-])c1. The van der Waals surface area contributed by atoms with Gasteiger partial charge in [0.1, 0.15) is 6.61 Å². The second-order valence-electron chi connectivity index (χ2n) is 4.89. The van der Waals surface area contributed by atoms with Gasteiger partial charge in [0.25, 0.3) is 17.5 Å². The van der Waals surface area contributed by atoms with Crippen LogP contribution in [0.4, 0.5) is 5.69 Å². The quantitative estimate of drug-likeness (QED) is 0.604. The van der Waals surface area contributed by atoms with Gasteiger partial charge in [-0.05, 0) is 17.7 Å². The molecule has 2 amide bonds. The second kappa shape index (κ2) is 8.76. The molecule has 2 N–H and O–H groups in total. The van der Waals surface area contributed by atoms with Gasteiger partial charge in [-0.15, -0.1) is 0 Å².